The van der Waals surface area contributed by atoms with Crippen molar-refractivity contribution in [2.75, 3.05) is 7.11 Å². The molecule has 1 N–H and O–H groups in total. The Balaban J connectivity index is 2.18. The van der Waals surface area contributed by atoms with Gasteiger partial charge in [0.15, 0.2) is 0 Å². The van der Waals surface area contributed by atoms with E-state index in [-0.39, 0.29) is 5.69 Å². The van der Waals surface area contributed by atoms with Gasteiger partial charge in [0, 0.05) is 5.39 Å². The lowest BCUT2D eigenvalue weighted by Crippen LogP contribution is -2.41. The third-order valence-corrected chi connectivity index (χ3v) is 3.38. The number of hydrogen-bond donors (Lipinski definition) is 1. The van der Waals surface area contributed by atoms with Crippen LogP contribution in [0.4, 0.5) is 0 Å². The quantitative estimate of drug-likeness (QED) is 0.681. The van der Waals surface area contributed by atoms with Crippen molar-refractivity contribution in [3.63, 3.8) is 0 Å². The lowest BCUT2D eigenvalue weighted by molar-refractivity contribution is -0.142. The van der Waals surface area contributed by atoms with E-state index in [1.165, 1.54) is 7.11 Å². The van der Waals surface area contributed by atoms with Gasteiger partial charge in [-0.3, -0.25) is 4.79 Å². The number of nitrogens with one attached hydrogen (secondary N) is 1. The Morgan fingerprint density at radius 1 is 1.22 bits per heavy atom. The van der Waals surface area contributed by atoms with Crippen LogP contribution in [0.15, 0.2) is 48.0 Å². The first-order chi connectivity index (χ1) is 11.0. The maximum absolute atomic E-state index is 12.4. The highest BCUT2D eigenvalue weighted by atomic mass is 16.5. The standard InChI is InChI=1S/C18H20N2O3/c1-12(2)8-10-16(18(22)23-3)20-17(21)15-11-9-13-6-4-5-7-14(13)19-15/h4-9,11,16H,10H2,1-3H3,(H,20,21)/t16-/m1/s1. The van der Waals surface area contributed by atoms with Crippen LogP contribution in [0.3, 0.4) is 0 Å². The molecule has 0 radical (unpaired) electrons. The molecule has 0 unspecified atom stereocenters. The predicted molar refractivity (Wildman–Crippen MR) is 89.1 cm³/mol. The number of carbonyl (C=O) groups is 2. The van der Waals surface area contributed by atoms with Crippen LogP contribution < -0.4 is 5.32 Å². The minimum absolute atomic E-state index is 0.273. The lowest BCUT2D eigenvalue weighted by Gasteiger charge is -2.15. The van der Waals surface area contributed by atoms with Crippen molar-refractivity contribution in [2.24, 2.45) is 0 Å². The van der Waals surface area contributed by atoms with Crippen molar-refractivity contribution < 1.29 is 14.3 Å². The molecule has 23 heavy (non-hydrogen) atoms. The highest BCUT2D eigenvalue weighted by Gasteiger charge is 2.21. The number of allylic oxidation sites excluding steroid dienone is 1. The highest BCUT2D eigenvalue weighted by molar-refractivity contribution is 5.97. The zero-order chi connectivity index (χ0) is 16.8. The number of ether oxygens (including phenoxy) is 1. The van der Waals surface area contributed by atoms with E-state index in [1.807, 2.05) is 50.3 Å². The van der Waals surface area contributed by atoms with E-state index in [0.29, 0.717) is 6.42 Å². The number of amides is 1. The molecule has 0 saturated heterocycles. The van der Waals surface area contributed by atoms with Gasteiger partial charge >= 0.3 is 5.97 Å². The van der Waals surface area contributed by atoms with Gasteiger partial charge in [-0.1, -0.05) is 35.9 Å². The van der Waals surface area contributed by atoms with Crippen LogP contribution in [0.5, 0.6) is 0 Å². The summed E-state index contributed by atoms with van der Waals surface area (Å²) < 4.78 is 4.75. The van der Waals surface area contributed by atoms with Crippen molar-refractivity contribution in [3.8, 4) is 0 Å². The second-order valence-corrected chi connectivity index (χ2v) is 5.46. The summed E-state index contributed by atoms with van der Waals surface area (Å²) in [6.45, 7) is 3.86. The summed E-state index contributed by atoms with van der Waals surface area (Å²) in [5.74, 6) is -0.870. The summed E-state index contributed by atoms with van der Waals surface area (Å²) in [7, 11) is 1.30. The van der Waals surface area contributed by atoms with Crippen LogP contribution in [0.25, 0.3) is 10.9 Å². The second kappa shape index (κ2) is 7.54. The number of benzene rings is 1. The van der Waals surface area contributed by atoms with E-state index in [4.69, 9.17) is 4.74 Å². The number of rotatable bonds is 5. The summed E-state index contributed by atoms with van der Waals surface area (Å²) in [5, 5.41) is 3.64. The van der Waals surface area contributed by atoms with Crippen molar-refractivity contribution in [1.82, 2.24) is 10.3 Å². The van der Waals surface area contributed by atoms with E-state index in [1.54, 1.807) is 6.07 Å². The molecule has 0 aliphatic rings. The van der Waals surface area contributed by atoms with Crippen molar-refractivity contribution in [1.29, 1.82) is 0 Å². The van der Waals surface area contributed by atoms with Crippen molar-refractivity contribution in [3.05, 3.63) is 53.7 Å². The van der Waals surface area contributed by atoms with Crippen LogP contribution in [0.2, 0.25) is 0 Å². The number of para-hydroxylation sites is 1. The number of methoxy groups -OCH3 is 1. The smallest absolute Gasteiger partial charge is 0.328 e. The van der Waals surface area contributed by atoms with Gasteiger partial charge in [0.2, 0.25) is 0 Å². The molecule has 1 aromatic carbocycles. The Bertz CT molecular complexity index is 749. The predicted octanol–water partition coefficient (Wildman–Crippen LogP) is 2.86. The van der Waals surface area contributed by atoms with E-state index in [0.717, 1.165) is 16.5 Å². The van der Waals surface area contributed by atoms with E-state index >= 15 is 0 Å². The van der Waals surface area contributed by atoms with Crippen LogP contribution in [-0.2, 0) is 9.53 Å². The van der Waals surface area contributed by atoms with Crippen molar-refractivity contribution in [2.45, 2.75) is 26.3 Å². The molecule has 0 aliphatic carbocycles. The topological polar surface area (TPSA) is 68.3 Å². The number of pyridine rings is 1. The normalized spacial score (nSPS) is 11.6. The monoisotopic (exact) mass is 312 g/mol. The summed E-state index contributed by atoms with van der Waals surface area (Å²) in [5.41, 5.74) is 2.07. The summed E-state index contributed by atoms with van der Waals surface area (Å²) in [6.07, 6.45) is 2.27. The van der Waals surface area contributed by atoms with Gasteiger partial charge in [-0.2, -0.15) is 0 Å². The zero-order valence-electron chi connectivity index (χ0n) is 13.5. The fourth-order valence-corrected chi connectivity index (χ4v) is 2.13. The number of hydrogen-bond acceptors (Lipinski definition) is 4. The lowest BCUT2D eigenvalue weighted by atomic mass is 10.1. The van der Waals surface area contributed by atoms with Crippen LogP contribution >= 0.6 is 0 Å². The molecule has 0 saturated carbocycles. The molecular weight excluding hydrogens is 292 g/mol. The molecule has 5 heteroatoms. The largest absolute Gasteiger partial charge is 0.467 e. The van der Waals surface area contributed by atoms with Crippen LogP contribution in [-0.4, -0.2) is 30.0 Å². The number of aromatic nitrogens is 1. The second-order valence-electron chi connectivity index (χ2n) is 5.46. The van der Waals surface area contributed by atoms with Crippen LogP contribution in [0.1, 0.15) is 30.8 Å². The minimum Gasteiger partial charge on any atom is -0.467 e. The summed E-state index contributed by atoms with van der Waals surface area (Å²) in [4.78, 5) is 28.5. The molecular formula is C18H20N2O3. The molecule has 1 aromatic heterocycles. The van der Waals surface area contributed by atoms with E-state index < -0.39 is 17.9 Å². The molecule has 0 aliphatic heterocycles. The van der Waals surface area contributed by atoms with Gasteiger partial charge in [0.1, 0.15) is 11.7 Å². The third-order valence-electron chi connectivity index (χ3n) is 3.38. The Hall–Kier alpha value is -2.69. The number of nitrogens with zero attached hydrogens (tertiary/aromatic N) is 1. The molecule has 1 amide bonds. The molecule has 0 bridgehead atoms. The highest BCUT2D eigenvalue weighted by Crippen LogP contribution is 2.12. The Morgan fingerprint density at radius 3 is 2.65 bits per heavy atom. The third kappa shape index (κ3) is 4.39. The Kier molecular flexibility index (Phi) is 5.46. The molecule has 5 nitrogen and oxygen atoms in total. The summed E-state index contributed by atoms with van der Waals surface area (Å²) in [6, 6.07) is 10.3. The van der Waals surface area contributed by atoms with Gasteiger partial charge in [0.25, 0.3) is 5.91 Å². The first kappa shape index (κ1) is 16.7. The van der Waals surface area contributed by atoms with Gasteiger partial charge in [-0.05, 0) is 32.4 Å². The van der Waals surface area contributed by atoms with Crippen LogP contribution in [0, 0.1) is 0 Å². The van der Waals surface area contributed by atoms with Gasteiger partial charge in [-0.15, -0.1) is 0 Å². The molecule has 1 heterocycles. The fraction of sp³-hybridized carbons (Fsp3) is 0.278. The zero-order valence-corrected chi connectivity index (χ0v) is 13.5. The first-order valence-electron chi connectivity index (χ1n) is 7.39. The molecule has 120 valence electrons. The average molecular weight is 312 g/mol. The molecule has 2 rings (SSSR count). The van der Waals surface area contributed by atoms with Gasteiger partial charge < -0.3 is 10.1 Å². The fourth-order valence-electron chi connectivity index (χ4n) is 2.13. The van der Waals surface area contributed by atoms with Gasteiger partial charge in [-0.25, -0.2) is 9.78 Å². The summed E-state index contributed by atoms with van der Waals surface area (Å²) >= 11 is 0. The van der Waals surface area contributed by atoms with E-state index in [2.05, 4.69) is 10.3 Å². The van der Waals surface area contributed by atoms with Gasteiger partial charge in [0.05, 0.1) is 12.6 Å². The van der Waals surface area contributed by atoms with Crippen molar-refractivity contribution >= 4 is 22.8 Å². The average Bonchev–Trinajstić information content (AvgIpc) is 2.57. The Morgan fingerprint density at radius 2 is 1.96 bits per heavy atom. The molecule has 0 fully saturated rings. The van der Waals surface area contributed by atoms with E-state index in [9.17, 15) is 9.59 Å². The Labute approximate surface area is 135 Å². The maximum atomic E-state index is 12.4. The number of esters is 1. The molecule has 2 aromatic rings. The number of carbonyl (C=O) groups excluding carboxylic acids is 2. The molecule has 0 spiro atoms. The number of fused-ring (bicyclic) bond motifs is 1. The first-order valence-corrected chi connectivity index (χ1v) is 7.39. The molecule has 1 atom stereocenters. The maximum Gasteiger partial charge on any atom is 0.328 e. The SMILES string of the molecule is COC(=O)[C@@H](CC=C(C)C)NC(=O)c1ccc2ccccc2n1. The minimum atomic E-state index is -0.726.